The molecule has 0 aromatic heterocycles. The third-order valence-electron chi connectivity index (χ3n) is 4.48. The molecule has 0 saturated heterocycles. The third kappa shape index (κ3) is 2.85. The predicted octanol–water partition coefficient (Wildman–Crippen LogP) is 4.37. The van der Waals surface area contributed by atoms with Crippen LogP contribution in [0.1, 0.15) is 25.5 Å². The van der Waals surface area contributed by atoms with Gasteiger partial charge in [0.2, 0.25) is 0 Å². The highest BCUT2D eigenvalue weighted by Gasteiger charge is 2.12. The highest BCUT2D eigenvalue weighted by molar-refractivity contribution is 6.07. The van der Waals surface area contributed by atoms with Gasteiger partial charge >= 0.3 is 0 Å². The molecule has 22 heavy (non-hydrogen) atoms. The van der Waals surface area contributed by atoms with Crippen LogP contribution < -0.4 is 0 Å². The van der Waals surface area contributed by atoms with E-state index in [0.717, 1.165) is 18.7 Å². The molecule has 0 amide bonds. The minimum Gasteiger partial charge on any atom is -0.387 e. The van der Waals surface area contributed by atoms with Gasteiger partial charge in [-0.3, -0.25) is 0 Å². The number of nitrogens with zero attached hydrogens (tertiary/aromatic N) is 1. The van der Waals surface area contributed by atoms with E-state index in [1.807, 2.05) is 0 Å². The second-order valence-corrected chi connectivity index (χ2v) is 5.77. The van der Waals surface area contributed by atoms with Gasteiger partial charge in [-0.1, -0.05) is 62.4 Å². The fourth-order valence-corrected chi connectivity index (χ4v) is 3.07. The maximum Gasteiger partial charge on any atom is 0.0917 e. The zero-order valence-corrected chi connectivity index (χ0v) is 13.3. The molecule has 0 aliphatic rings. The first-order valence-electron chi connectivity index (χ1n) is 8.04. The molecule has 0 fully saturated rings. The summed E-state index contributed by atoms with van der Waals surface area (Å²) in [7, 11) is 0. The Bertz CT molecular complexity index is 777. The number of hydrogen-bond acceptors (Lipinski definition) is 2. The van der Waals surface area contributed by atoms with Crippen molar-refractivity contribution in [1.82, 2.24) is 4.90 Å². The molecule has 0 heterocycles. The molecule has 0 saturated carbocycles. The molecule has 2 nitrogen and oxygen atoms in total. The van der Waals surface area contributed by atoms with E-state index in [1.54, 1.807) is 0 Å². The Morgan fingerprint density at radius 2 is 1.55 bits per heavy atom. The average Bonchev–Trinajstić information content (AvgIpc) is 2.58. The average molecular weight is 293 g/mol. The van der Waals surface area contributed by atoms with Crippen LogP contribution in [0, 0.1) is 0 Å². The molecule has 1 N–H and O–H groups in total. The summed E-state index contributed by atoms with van der Waals surface area (Å²) in [5, 5.41) is 15.4. The van der Waals surface area contributed by atoms with Gasteiger partial charge < -0.3 is 10.0 Å². The van der Waals surface area contributed by atoms with Crippen molar-refractivity contribution >= 4 is 21.5 Å². The number of benzene rings is 3. The molecular weight excluding hydrogens is 270 g/mol. The van der Waals surface area contributed by atoms with Crippen LogP contribution in [0.25, 0.3) is 21.5 Å². The second kappa shape index (κ2) is 6.47. The molecule has 3 aromatic rings. The summed E-state index contributed by atoms with van der Waals surface area (Å²) in [4.78, 5) is 2.25. The SMILES string of the molecule is CCN(CC)CC(O)c1ccc2c(ccc3ccccc32)c1. The van der Waals surface area contributed by atoms with Crippen molar-refractivity contribution in [1.29, 1.82) is 0 Å². The van der Waals surface area contributed by atoms with E-state index in [0.29, 0.717) is 6.54 Å². The molecular formula is C20H23NO. The third-order valence-corrected chi connectivity index (χ3v) is 4.48. The first-order valence-corrected chi connectivity index (χ1v) is 8.04. The van der Waals surface area contributed by atoms with Crippen LogP contribution in [0.3, 0.4) is 0 Å². The van der Waals surface area contributed by atoms with Crippen molar-refractivity contribution in [2.24, 2.45) is 0 Å². The monoisotopic (exact) mass is 293 g/mol. The maximum absolute atomic E-state index is 10.5. The first-order chi connectivity index (χ1) is 10.7. The minimum absolute atomic E-state index is 0.434. The summed E-state index contributed by atoms with van der Waals surface area (Å²) >= 11 is 0. The summed E-state index contributed by atoms with van der Waals surface area (Å²) in [6.45, 7) is 6.87. The number of likely N-dealkylation sites (N-methyl/N-ethyl adjacent to an activating group) is 1. The molecule has 0 aliphatic heterocycles. The Balaban J connectivity index is 1.98. The van der Waals surface area contributed by atoms with Crippen LogP contribution in [0.5, 0.6) is 0 Å². The van der Waals surface area contributed by atoms with Crippen LogP contribution in [0.2, 0.25) is 0 Å². The van der Waals surface area contributed by atoms with Crippen LogP contribution in [-0.2, 0) is 0 Å². The fraction of sp³-hybridized carbons (Fsp3) is 0.300. The van der Waals surface area contributed by atoms with Crippen molar-refractivity contribution in [3.63, 3.8) is 0 Å². The molecule has 0 bridgehead atoms. The standard InChI is InChI=1S/C20H23NO/c1-3-21(4-2)14-20(22)17-11-12-19-16(13-17)10-9-15-7-5-6-8-18(15)19/h5-13,20,22H,3-4,14H2,1-2H3. The van der Waals surface area contributed by atoms with E-state index < -0.39 is 6.10 Å². The Labute approximate surface area is 132 Å². The largest absolute Gasteiger partial charge is 0.387 e. The molecule has 0 radical (unpaired) electrons. The van der Waals surface area contributed by atoms with Crippen LogP contribution >= 0.6 is 0 Å². The Morgan fingerprint density at radius 3 is 2.32 bits per heavy atom. The van der Waals surface area contributed by atoms with Gasteiger partial charge in [0.15, 0.2) is 0 Å². The van der Waals surface area contributed by atoms with Gasteiger partial charge in [0.05, 0.1) is 6.10 Å². The highest BCUT2D eigenvalue weighted by atomic mass is 16.3. The van der Waals surface area contributed by atoms with E-state index >= 15 is 0 Å². The van der Waals surface area contributed by atoms with E-state index in [-0.39, 0.29) is 0 Å². The first kappa shape index (κ1) is 15.0. The molecule has 2 heteroatoms. The molecule has 1 unspecified atom stereocenters. The Morgan fingerprint density at radius 1 is 0.864 bits per heavy atom. The lowest BCUT2D eigenvalue weighted by atomic mass is 9.98. The zero-order valence-electron chi connectivity index (χ0n) is 13.3. The second-order valence-electron chi connectivity index (χ2n) is 5.77. The van der Waals surface area contributed by atoms with E-state index in [4.69, 9.17) is 0 Å². The molecule has 0 aliphatic carbocycles. The quantitative estimate of drug-likeness (QED) is 0.706. The summed E-state index contributed by atoms with van der Waals surface area (Å²) in [6, 6.07) is 19.0. The van der Waals surface area contributed by atoms with Crippen molar-refractivity contribution in [3.05, 3.63) is 60.2 Å². The van der Waals surface area contributed by atoms with Crippen molar-refractivity contribution < 1.29 is 5.11 Å². The lowest BCUT2D eigenvalue weighted by Gasteiger charge is -2.22. The summed E-state index contributed by atoms with van der Waals surface area (Å²) in [5.41, 5.74) is 0.995. The van der Waals surface area contributed by atoms with Gasteiger partial charge in [0.1, 0.15) is 0 Å². The number of fused-ring (bicyclic) bond motifs is 3. The minimum atomic E-state index is -0.434. The van der Waals surface area contributed by atoms with Gasteiger partial charge in [-0.05, 0) is 46.3 Å². The van der Waals surface area contributed by atoms with E-state index in [2.05, 4.69) is 73.3 Å². The summed E-state index contributed by atoms with van der Waals surface area (Å²) < 4.78 is 0. The smallest absolute Gasteiger partial charge is 0.0917 e. The Hall–Kier alpha value is -1.90. The topological polar surface area (TPSA) is 23.5 Å². The van der Waals surface area contributed by atoms with Gasteiger partial charge in [-0.2, -0.15) is 0 Å². The normalized spacial score (nSPS) is 13.1. The van der Waals surface area contributed by atoms with Crippen molar-refractivity contribution in [2.75, 3.05) is 19.6 Å². The summed E-state index contributed by atoms with van der Waals surface area (Å²) in [5.74, 6) is 0. The highest BCUT2D eigenvalue weighted by Crippen LogP contribution is 2.28. The van der Waals surface area contributed by atoms with E-state index in [9.17, 15) is 5.11 Å². The number of aliphatic hydroxyl groups is 1. The molecule has 3 rings (SSSR count). The van der Waals surface area contributed by atoms with Crippen LogP contribution in [0.4, 0.5) is 0 Å². The number of hydrogen-bond donors (Lipinski definition) is 1. The maximum atomic E-state index is 10.5. The molecule has 114 valence electrons. The number of aliphatic hydroxyl groups excluding tert-OH is 1. The lowest BCUT2D eigenvalue weighted by molar-refractivity contribution is 0.119. The van der Waals surface area contributed by atoms with Gasteiger partial charge in [0, 0.05) is 6.54 Å². The molecule has 3 aromatic carbocycles. The Kier molecular flexibility index (Phi) is 4.41. The molecule has 0 spiro atoms. The zero-order chi connectivity index (χ0) is 15.5. The van der Waals surface area contributed by atoms with Gasteiger partial charge in [0.25, 0.3) is 0 Å². The van der Waals surface area contributed by atoms with Crippen LogP contribution in [0.15, 0.2) is 54.6 Å². The van der Waals surface area contributed by atoms with E-state index in [1.165, 1.54) is 21.5 Å². The molecule has 1 atom stereocenters. The van der Waals surface area contributed by atoms with Crippen LogP contribution in [-0.4, -0.2) is 29.6 Å². The fourth-order valence-electron chi connectivity index (χ4n) is 3.07. The van der Waals surface area contributed by atoms with Gasteiger partial charge in [-0.25, -0.2) is 0 Å². The lowest BCUT2D eigenvalue weighted by Crippen LogP contribution is -2.28. The van der Waals surface area contributed by atoms with Gasteiger partial charge in [-0.15, -0.1) is 0 Å². The van der Waals surface area contributed by atoms with Crippen molar-refractivity contribution in [2.45, 2.75) is 20.0 Å². The summed E-state index contributed by atoms with van der Waals surface area (Å²) in [6.07, 6.45) is -0.434. The number of rotatable bonds is 5. The predicted molar refractivity (Wildman–Crippen MR) is 94.2 cm³/mol. The van der Waals surface area contributed by atoms with Crippen molar-refractivity contribution in [3.8, 4) is 0 Å².